The maximum Gasteiger partial charge on any atom is 0.338 e. The number of benzene rings is 3. The molecule has 1 heterocycles. The molecule has 1 amide bonds. The Labute approximate surface area is 385 Å². The van der Waals surface area contributed by atoms with Crippen LogP contribution in [0.2, 0.25) is 0 Å². The Hall–Kier alpha value is -5.94. The molecule has 4 aliphatic rings. The van der Waals surface area contributed by atoms with Crippen molar-refractivity contribution in [1.82, 2.24) is 5.32 Å². The number of hydrogen-bond donors (Lipinski definition) is 3. The van der Waals surface area contributed by atoms with Crippen LogP contribution >= 0.6 is 11.6 Å². The quantitative estimate of drug-likeness (QED) is 0.0982. The average Bonchev–Trinajstić information content (AvgIpc) is 3.28. The van der Waals surface area contributed by atoms with E-state index in [0.29, 0.717) is 5.56 Å². The fourth-order valence-electron chi connectivity index (χ4n) is 10.5. The van der Waals surface area contributed by atoms with E-state index in [9.17, 15) is 39.0 Å². The molecule has 1 saturated heterocycles. The molecule has 0 radical (unpaired) electrons. The topological polar surface area (TPSA) is 227 Å². The highest BCUT2D eigenvalue weighted by Crippen LogP contribution is 2.65. The number of fused-ring (bicyclic) bond motifs is 5. The fourth-order valence-corrected chi connectivity index (χ4v) is 10.6. The second-order valence-corrected chi connectivity index (χ2v) is 18.2. The van der Waals surface area contributed by atoms with Crippen molar-refractivity contribution < 1.29 is 72.2 Å². The predicted octanol–water partition coefficient (Wildman–Crippen LogP) is 4.53. The normalized spacial score (nSPS) is 30.5. The lowest BCUT2D eigenvalue weighted by atomic mass is 9.44. The molecule has 0 aromatic heterocycles. The maximum atomic E-state index is 15.9. The van der Waals surface area contributed by atoms with E-state index in [4.69, 9.17) is 40.0 Å². The van der Waals surface area contributed by atoms with E-state index in [0.717, 1.165) is 13.8 Å². The zero-order chi connectivity index (χ0) is 47.9. The van der Waals surface area contributed by atoms with Crippen LogP contribution in [-0.4, -0.2) is 112 Å². The van der Waals surface area contributed by atoms with Crippen molar-refractivity contribution in [3.05, 3.63) is 119 Å². The van der Waals surface area contributed by atoms with Crippen molar-refractivity contribution in [3.63, 3.8) is 0 Å². The number of carbonyl (C=O) groups excluding carboxylic acids is 7. The van der Waals surface area contributed by atoms with E-state index >= 15 is 4.79 Å². The van der Waals surface area contributed by atoms with E-state index in [1.165, 1.54) is 26.0 Å². The second kappa shape index (κ2) is 18.4. The molecule has 66 heavy (non-hydrogen) atoms. The second-order valence-electron chi connectivity index (χ2n) is 18.0. The molecule has 0 spiro atoms. The fraction of sp³-hybridized carbons (Fsp3) is 0.449. The van der Waals surface area contributed by atoms with Crippen LogP contribution in [0.1, 0.15) is 86.7 Å². The van der Waals surface area contributed by atoms with Crippen molar-refractivity contribution in [2.24, 2.45) is 16.7 Å². The molecule has 2 saturated carbocycles. The number of esters is 5. The van der Waals surface area contributed by atoms with E-state index in [1.54, 1.807) is 92.7 Å². The number of rotatable bonds is 12. The van der Waals surface area contributed by atoms with Crippen LogP contribution in [0, 0.1) is 16.7 Å². The van der Waals surface area contributed by atoms with E-state index in [2.05, 4.69) is 5.32 Å². The Bertz CT molecular complexity index is 2430. The number of nitrogens with one attached hydrogen (secondary N) is 1. The Kier molecular flexibility index (Phi) is 13.4. The molecule has 16 nitrogen and oxygen atoms in total. The third-order valence-corrected chi connectivity index (χ3v) is 14.0. The summed E-state index contributed by atoms with van der Waals surface area (Å²) < 4.78 is 36.5. The van der Waals surface area contributed by atoms with Crippen LogP contribution in [0.4, 0.5) is 0 Å². The lowest BCUT2D eigenvalue weighted by molar-refractivity contribution is -0.346. The van der Waals surface area contributed by atoms with Crippen molar-refractivity contribution in [2.75, 3.05) is 12.5 Å². The standard InChI is InChI=1S/C49H52ClNO15/c1-26-32(63-45(59)38(55)37(29-16-10-7-11-17-29)51-43(57)30-18-12-8-13-19-30)23-49(60)42(65-44(58)31-20-14-9-15-21-31)40-47(6,41(56)39(62-27(2)52)36(26)46(49,4)5)33(64-35(54)24-50)22-34-48(40,25-61-34)66-28(3)53/h7-21,32-34,37-40,42,55,60H,22-25H2,1-6H3,(H,51,57)/t32-,33-,34+,37-,38+,39+,40?,42-,47+,48-,49+/m0/s1. The minimum Gasteiger partial charge on any atom is -0.460 e. The number of alkyl halides is 1. The van der Waals surface area contributed by atoms with Gasteiger partial charge in [0.25, 0.3) is 5.91 Å². The van der Waals surface area contributed by atoms with Gasteiger partial charge in [-0.25, -0.2) is 9.59 Å². The number of aliphatic hydroxyl groups is 2. The molecular weight excluding hydrogens is 878 g/mol. The van der Waals surface area contributed by atoms with E-state index in [1.807, 2.05) is 0 Å². The first-order valence-corrected chi connectivity index (χ1v) is 22.0. The zero-order valence-electron chi connectivity index (χ0n) is 37.2. The Balaban J connectivity index is 1.42. The summed E-state index contributed by atoms with van der Waals surface area (Å²) in [7, 11) is 0. The molecule has 3 aliphatic carbocycles. The number of hydrogen-bond acceptors (Lipinski definition) is 15. The van der Waals surface area contributed by atoms with Gasteiger partial charge in [0, 0.05) is 37.7 Å². The maximum absolute atomic E-state index is 15.9. The number of Topliss-reactive ketones (excluding diaryl/α,β-unsaturated/α-hetero) is 1. The number of aliphatic hydroxyl groups excluding tert-OH is 1. The Morgan fingerprint density at radius 2 is 1.42 bits per heavy atom. The van der Waals surface area contributed by atoms with E-state index < -0.39 is 124 Å². The van der Waals surface area contributed by atoms with Crippen molar-refractivity contribution >= 4 is 53.1 Å². The molecule has 1 unspecified atom stereocenters. The van der Waals surface area contributed by atoms with Gasteiger partial charge < -0.3 is 44.0 Å². The minimum absolute atomic E-state index is 0.0361. The van der Waals surface area contributed by atoms with Gasteiger partial charge in [-0.2, -0.15) is 0 Å². The van der Waals surface area contributed by atoms with Crippen LogP contribution < -0.4 is 5.32 Å². The number of amides is 1. The highest BCUT2D eigenvalue weighted by molar-refractivity contribution is 6.26. The van der Waals surface area contributed by atoms with Crippen molar-refractivity contribution in [1.29, 1.82) is 0 Å². The monoisotopic (exact) mass is 929 g/mol. The van der Waals surface area contributed by atoms with Gasteiger partial charge in [-0.1, -0.05) is 80.6 Å². The summed E-state index contributed by atoms with van der Waals surface area (Å²) in [5.41, 5.74) is -7.44. The van der Waals surface area contributed by atoms with Gasteiger partial charge in [0.1, 0.15) is 35.9 Å². The zero-order valence-corrected chi connectivity index (χ0v) is 37.9. The molecule has 3 fully saturated rings. The molecule has 3 N–H and O–H groups in total. The summed E-state index contributed by atoms with van der Waals surface area (Å²) in [5, 5.41) is 28.4. The SMILES string of the molecule is CC(=O)O[C@H]1C(=O)[C@@]2(C)C([C@H](OC(=O)c3ccccc3)[C@]3(O)C[C@H](OC(=O)[C@H](O)[C@@H](NC(=O)c4ccccc4)c4ccccc4)C(C)=C1C3(C)C)[C@]1(OC(C)=O)CO[C@@H]1C[C@@H]2OC(=O)CCl. The molecule has 2 bridgehead atoms. The first-order valence-electron chi connectivity index (χ1n) is 21.5. The molecule has 350 valence electrons. The van der Waals surface area contributed by atoms with Gasteiger partial charge >= 0.3 is 29.8 Å². The van der Waals surface area contributed by atoms with Gasteiger partial charge in [0.05, 0.1) is 29.5 Å². The smallest absolute Gasteiger partial charge is 0.338 e. The highest BCUT2D eigenvalue weighted by atomic mass is 35.5. The summed E-state index contributed by atoms with van der Waals surface area (Å²) in [5.74, 6) is -8.68. The number of ether oxygens (including phenoxy) is 6. The molecule has 7 rings (SSSR count). The third kappa shape index (κ3) is 8.28. The Morgan fingerprint density at radius 1 is 0.833 bits per heavy atom. The summed E-state index contributed by atoms with van der Waals surface area (Å²) in [6.45, 7) is 7.83. The molecule has 3 aromatic carbocycles. The minimum atomic E-state index is -2.46. The number of ketones is 1. The van der Waals surface area contributed by atoms with Gasteiger partial charge in [-0.15, -0.1) is 11.6 Å². The van der Waals surface area contributed by atoms with Gasteiger partial charge in [-0.05, 0) is 54.8 Å². The van der Waals surface area contributed by atoms with Gasteiger partial charge in [0.15, 0.2) is 23.6 Å². The summed E-state index contributed by atoms with van der Waals surface area (Å²) in [4.78, 5) is 97.7. The largest absolute Gasteiger partial charge is 0.460 e. The number of halogens is 1. The molecule has 3 aromatic rings. The molecule has 17 heteroatoms. The number of carbonyl (C=O) groups is 7. The lowest BCUT2D eigenvalue weighted by Crippen LogP contribution is -2.82. The van der Waals surface area contributed by atoms with E-state index in [-0.39, 0.29) is 35.3 Å². The highest BCUT2D eigenvalue weighted by Gasteiger charge is 2.79. The van der Waals surface area contributed by atoms with Crippen LogP contribution in [0.5, 0.6) is 0 Å². The molecule has 1 aliphatic heterocycles. The van der Waals surface area contributed by atoms with Crippen LogP contribution in [0.25, 0.3) is 0 Å². The summed E-state index contributed by atoms with van der Waals surface area (Å²) in [6, 6.07) is 22.7. The first-order chi connectivity index (χ1) is 31.2. The van der Waals surface area contributed by atoms with Crippen molar-refractivity contribution in [2.45, 2.75) is 108 Å². The summed E-state index contributed by atoms with van der Waals surface area (Å²) in [6.07, 6.45) is -10.8. The lowest BCUT2D eigenvalue weighted by Gasteiger charge is -2.67. The average molecular weight is 930 g/mol. The van der Waals surface area contributed by atoms with Gasteiger partial charge in [0.2, 0.25) is 0 Å². The third-order valence-electron chi connectivity index (χ3n) is 13.8. The molecular formula is C49H52ClNO15. The van der Waals surface area contributed by atoms with Crippen LogP contribution in [-0.2, 0) is 52.4 Å². The summed E-state index contributed by atoms with van der Waals surface area (Å²) >= 11 is 5.94. The Morgan fingerprint density at radius 3 is 1.97 bits per heavy atom. The van der Waals surface area contributed by atoms with Crippen LogP contribution in [0.3, 0.4) is 0 Å². The van der Waals surface area contributed by atoms with Crippen molar-refractivity contribution in [3.8, 4) is 0 Å². The van der Waals surface area contributed by atoms with Crippen LogP contribution in [0.15, 0.2) is 102 Å². The van der Waals surface area contributed by atoms with Gasteiger partial charge in [-0.3, -0.25) is 24.0 Å². The predicted molar refractivity (Wildman–Crippen MR) is 232 cm³/mol. The first kappa shape index (κ1) is 48.0. The molecule has 11 atom stereocenters.